The standard InChI is InChI=1S/C31H33F3N6O9/c32-31(33,34)18-7-4-8-19(14-18)37-22(42)11-9-17(13-20(41)10-12-23(43)44)29(48)36-15-21-26(45)27(46)30(49-21)40-25(16-5-2-1-3-6-16)24(28(35)47)38-39-40/h1-8,14,17,21,26-27,30,45-46H,9-13,15H2,(H2,35,47)(H,36,48)(H,37,42)(H,43,44)/t17-,21-,26-,27-,30-/m1/s1. The van der Waals surface area contributed by atoms with E-state index in [9.17, 15) is 47.4 Å². The molecule has 5 atom stereocenters. The van der Waals surface area contributed by atoms with E-state index in [1.165, 1.54) is 6.07 Å². The lowest BCUT2D eigenvalue weighted by Gasteiger charge is -2.20. The number of amides is 3. The number of carboxylic acid groups (broad SMARTS) is 1. The third-order valence-electron chi connectivity index (χ3n) is 7.69. The van der Waals surface area contributed by atoms with Crippen molar-refractivity contribution in [2.24, 2.45) is 11.7 Å². The van der Waals surface area contributed by atoms with Crippen molar-refractivity contribution < 1.29 is 57.2 Å². The maximum atomic E-state index is 13.2. The Kier molecular flexibility index (Phi) is 11.8. The van der Waals surface area contributed by atoms with E-state index in [1.807, 2.05) is 0 Å². The molecule has 1 fully saturated rings. The number of aliphatic hydroxyl groups excluding tert-OH is 2. The fraction of sp³-hybridized carbons (Fsp3) is 0.387. The first kappa shape index (κ1) is 36.6. The van der Waals surface area contributed by atoms with E-state index in [0.29, 0.717) is 5.56 Å². The molecule has 262 valence electrons. The van der Waals surface area contributed by atoms with Crippen molar-refractivity contribution in [2.75, 3.05) is 11.9 Å². The second-order valence-electron chi connectivity index (χ2n) is 11.3. The second kappa shape index (κ2) is 15.8. The van der Waals surface area contributed by atoms with Gasteiger partial charge in [0.2, 0.25) is 11.8 Å². The van der Waals surface area contributed by atoms with Crippen LogP contribution in [0.25, 0.3) is 11.3 Å². The monoisotopic (exact) mass is 690 g/mol. The molecule has 1 saturated heterocycles. The van der Waals surface area contributed by atoms with Crippen LogP contribution in [0, 0.1) is 5.92 Å². The predicted molar refractivity (Wildman–Crippen MR) is 162 cm³/mol. The van der Waals surface area contributed by atoms with Gasteiger partial charge < -0.3 is 36.4 Å². The number of aliphatic carboxylic acids is 1. The van der Waals surface area contributed by atoms with Crippen LogP contribution in [-0.4, -0.2) is 84.6 Å². The first-order chi connectivity index (χ1) is 23.1. The normalized spacial score (nSPS) is 19.6. The number of carbonyl (C=O) groups is 5. The van der Waals surface area contributed by atoms with Gasteiger partial charge in [0.1, 0.15) is 29.8 Å². The number of nitrogens with two attached hydrogens (primary N) is 1. The van der Waals surface area contributed by atoms with Crippen molar-refractivity contribution in [3.8, 4) is 11.3 Å². The molecule has 1 aliphatic rings. The number of aliphatic hydroxyl groups is 2. The highest BCUT2D eigenvalue weighted by Gasteiger charge is 2.46. The Hall–Kier alpha value is -5.20. The van der Waals surface area contributed by atoms with E-state index in [0.717, 1.165) is 22.9 Å². The molecule has 2 aromatic carbocycles. The molecular weight excluding hydrogens is 657 g/mol. The van der Waals surface area contributed by atoms with Crippen LogP contribution in [-0.2, 0) is 30.1 Å². The lowest BCUT2D eigenvalue weighted by atomic mass is 9.94. The van der Waals surface area contributed by atoms with E-state index in [4.69, 9.17) is 15.6 Å². The lowest BCUT2D eigenvalue weighted by Crippen LogP contribution is -2.42. The Bertz CT molecular complexity index is 1680. The second-order valence-corrected chi connectivity index (χ2v) is 11.3. The van der Waals surface area contributed by atoms with E-state index < -0.39 is 91.1 Å². The summed E-state index contributed by atoms with van der Waals surface area (Å²) in [5.74, 6) is -5.42. The smallest absolute Gasteiger partial charge is 0.416 e. The number of carboxylic acids is 1. The van der Waals surface area contributed by atoms with Crippen LogP contribution in [0.4, 0.5) is 18.9 Å². The topological polar surface area (TPSA) is 236 Å². The molecule has 0 unspecified atom stereocenters. The zero-order valence-corrected chi connectivity index (χ0v) is 25.7. The molecule has 2 heterocycles. The average molecular weight is 691 g/mol. The van der Waals surface area contributed by atoms with Gasteiger partial charge in [-0.3, -0.25) is 24.0 Å². The number of nitrogens with zero attached hydrogens (tertiary/aromatic N) is 3. The number of aromatic nitrogens is 3. The Labute approximate surface area is 276 Å². The number of carbonyl (C=O) groups excluding carboxylic acids is 4. The van der Waals surface area contributed by atoms with Gasteiger partial charge in [-0.25, -0.2) is 4.68 Å². The highest BCUT2D eigenvalue weighted by molar-refractivity contribution is 5.97. The molecule has 1 aromatic heterocycles. The molecule has 1 aliphatic heterocycles. The molecule has 4 rings (SSSR count). The summed E-state index contributed by atoms with van der Waals surface area (Å²) in [6.45, 7) is -0.401. The Morgan fingerprint density at radius 2 is 1.69 bits per heavy atom. The van der Waals surface area contributed by atoms with Crippen LogP contribution >= 0.6 is 0 Å². The number of hydrogen-bond donors (Lipinski definition) is 6. The first-order valence-electron chi connectivity index (χ1n) is 15.0. The van der Waals surface area contributed by atoms with Gasteiger partial charge in [-0.2, -0.15) is 13.2 Å². The maximum Gasteiger partial charge on any atom is 0.416 e. The number of primary amides is 1. The van der Waals surface area contributed by atoms with Crippen molar-refractivity contribution in [2.45, 2.75) is 62.8 Å². The van der Waals surface area contributed by atoms with Gasteiger partial charge in [-0.05, 0) is 24.6 Å². The summed E-state index contributed by atoms with van der Waals surface area (Å²) in [5.41, 5.74) is 4.68. The largest absolute Gasteiger partial charge is 0.481 e. The highest BCUT2D eigenvalue weighted by Crippen LogP contribution is 2.34. The summed E-state index contributed by atoms with van der Waals surface area (Å²) in [4.78, 5) is 61.3. The summed E-state index contributed by atoms with van der Waals surface area (Å²) in [6, 6.07) is 12.3. The van der Waals surface area contributed by atoms with Gasteiger partial charge in [-0.15, -0.1) is 5.10 Å². The molecule has 0 bridgehead atoms. The van der Waals surface area contributed by atoms with Crippen molar-refractivity contribution in [3.63, 3.8) is 0 Å². The minimum atomic E-state index is -4.64. The third kappa shape index (κ3) is 9.46. The van der Waals surface area contributed by atoms with Crippen LogP contribution in [0.3, 0.4) is 0 Å². The number of Topliss-reactive ketones (excluding diaryl/α,β-unsaturated/α-hetero) is 1. The van der Waals surface area contributed by atoms with Gasteiger partial charge in [0.25, 0.3) is 5.91 Å². The van der Waals surface area contributed by atoms with Crippen molar-refractivity contribution in [3.05, 3.63) is 65.9 Å². The molecule has 3 aromatic rings. The van der Waals surface area contributed by atoms with Gasteiger partial charge in [0.15, 0.2) is 11.9 Å². The summed E-state index contributed by atoms with van der Waals surface area (Å²) in [7, 11) is 0. The van der Waals surface area contributed by atoms with Gasteiger partial charge in [-0.1, -0.05) is 41.6 Å². The highest BCUT2D eigenvalue weighted by atomic mass is 19.4. The van der Waals surface area contributed by atoms with E-state index in [-0.39, 0.29) is 36.3 Å². The van der Waals surface area contributed by atoms with Gasteiger partial charge in [0, 0.05) is 43.0 Å². The maximum absolute atomic E-state index is 13.2. The molecule has 49 heavy (non-hydrogen) atoms. The van der Waals surface area contributed by atoms with Crippen LogP contribution in [0.15, 0.2) is 54.6 Å². The Morgan fingerprint density at radius 3 is 2.35 bits per heavy atom. The molecule has 3 amide bonds. The van der Waals surface area contributed by atoms with Crippen molar-refractivity contribution in [1.82, 2.24) is 20.3 Å². The average Bonchev–Trinajstić information content (AvgIpc) is 3.62. The SMILES string of the molecule is NC(=O)c1nnn([C@@H]2O[C@H](CNC(=O)[C@H](CCC(=O)Nc3cccc(C(F)(F)F)c3)CC(=O)CCC(=O)O)[C@@H](O)[C@H]2O)c1-c1ccccc1. The third-order valence-corrected chi connectivity index (χ3v) is 7.69. The number of hydrogen-bond acceptors (Lipinski definition) is 10. The minimum Gasteiger partial charge on any atom is -0.481 e. The zero-order valence-electron chi connectivity index (χ0n) is 25.7. The Morgan fingerprint density at radius 1 is 0.980 bits per heavy atom. The zero-order chi connectivity index (χ0) is 35.9. The summed E-state index contributed by atoms with van der Waals surface area (Å²) < 4.78 is 46.1. The fourth-order valence-electron chi connectivity index (χ4n) is 5.20. The molecule has 0 radical (unpaired) electrons. The predicted octanol–water partition coefficient (Wildman–Crippen LogP) is 1.66. The van der Waals surface area contributed by atoms with E-state index in [1.54, 1.807) is 30.3 Å². The van der Waals surface area contributed by atoms with Gasteiger partial charge >= 0.3 is 12.1 Å². The Balaban J connectivity index is 1.43. The molecule has 0 aliphatic carbocycles. The summed E-state index contributed by atoms with van der Waals surface area (Å²) >= 11 is 0. The van der Waals surface area contributed by atoms with Crippen LogP contribution < -0.4 is 16.4 Å². The number of halogens is 3. The minimum absolute atomic E-state index is 0.109. The lowest BCUT2D eigenvalue weighted by molar-refractivity contribution is -0.139. The molecule has 7 N–H and O–H groups in total. The van der Waals surface area contributed by atoms with Gasteiger partial charge in [0.05, 0.1) is 12.0 Å². The molecule has 18 heteroatoms. The molecular formula is C31H33F3N6O9. The van der Waals surface area contributed by atoms with E-state index in [2.05, 4.69) is 20.9 Å². The number of alkyl halides is 3. The van der Waals surface area contributed by atoms with Crippen molar-refractivity contribution in [1.29, 1.82) is 0 Å². The number of nitrogens with one attached hydrogen (secondary N) is 2. The first-order valence-corrected chi connectivity index (χ1v) is 15.0. The van der Waals surface area contributed by atoms with Crippen LogP contribution in [0.1, 0.15) is 54.4 Å². The quantitative estimate of drug-likeness (QED) is 0.134. The summed E-state index contributed by atoms with van der Waals surface area (Å²) in [5, 5.41) is 43.0. The molecule has 0 spiro atoms. The number of ether oxygens (including phenoxy) is 1. The number of anilines is 1. The van der Waals surface area contributed by atoms with Crippen LogP contribution in [0.2, 0.25) is 0 Å². The molecule has 15 nitrogen and oxygen atoms in total. The van der Waals surface area contributed by atoms with Crippen LogP contribution in [0.5, 0.6) is 0 Å². The number of benzene rings is 2. The van der Waals surface area contributed by atoms with Crippen molar-refractivity contribution >= 4 is 35.2 Å². The summed E-state index contributed by atoms with van der Waals surface area (Å²) in [6.07, 6.45) is -12.4. The molecule has 0 saturated carbocycles. The number of ketones is 1. The fourth-order valence-corrected chi connectivity index (χ4v) is 5.20. The number of rotatable bonds is 15. The van der Waals surface area contributed by atoms with E-state index >= 15 is 0 Å².